The van der Waals surface area contributed by atoms with Gasteiger partial charge in [0.15, 0.2) is 11.5 Å². The van der Waals surface area contributed by atoms with E-state index in [1.807, 2.05) is 20.8 Å². The quantitative estimate of drug-likeness (QED) is 0.709. The van der Waals surface area contributed by atoms with Crippen LogP contribution < -0.4 is 5.56 Å². The van der Waals surface area contributed by atoms with Crippen molar-refractivity contribution in [2.75, 3.05) is 0 Å². The van der Waals surface area contributed by atoms with E-state index in [0.717, 1.165) is 5.69 Å². The van der Waals surface area contributed by atoms with Crippen LogP contribution in [0.1, 0.15) is 26.5 Å². The minimum atomic E-state index is -0.191. The molecule has 20 heavy (non-hydrogen) atoms. The number of imidazole rings is 1. The molecule has 0 aromatic carbocycles. The van der Waals surface area contributed by atoms with Crippen molar-refractivity contribution < 1.29 is 0 Å². The minimum absolute atomic E-state index is 0.190. The average Bonchev–Trinajstić information content (AvgIpc) is 2.95. The molecular formula is C12H13BrN6O. The molecule has 0 amide bonds. The third-order valence-electron chi connectivity index (χ3n) is 3.00. The highest BCUT2D eigenvalue weighted by Crippen LogP contribution is 2.26. The van der Waals surface area contributed by atoms with Gasteiger partial charge in [-0.25, -0.2) is 15.0 Å². The maximum Gasteiger partial charge on any atom is 0.287 e. The van der Waals surface area contributed by atoms with E-state index in [0.29, 0.717) is 21.5 Å². The first-order valence-electron chi connectivity index (χ1n) is 6.05. The fourth-order valence-corrected chi connectivity index (χ4v) is 2.85. The molecule has 0 spiro atoms. The number of nitrogens with zero attached hydrogens (tertiary/aromatic N) is 4. The fourth-order valence-electron chi connectivity index (χ4n) is 1.98. The maximum absolute atomic E-state index is 12.4. The Kier molecular flexibility index (Phi) is 2.79. The summed E-state index contributed by atoms with van der Waals surface area (Å²) in [6.45, 7) is 6.08. The zero-order chi connectivity index (χ0) is 14.5. The highest BCUT2D eigenvalue weighted by Gasteiger charge is 2.24. The summed E-state index contributed by atoms with van der Waals surface area (Å²) in [4.78, 5) is 27.6. The number of H-pyrrole nitrogens is 2. The molecule has 3 aromatic rings. The Morgan fingerprint density at radius 1 is 1.25 bits per heavy atom. The number of hydrogen-bond donors (Lipinski definition) is 2. The Morgan fingerprint density at radius 3 is 2.65 bits per heavy atom. The molecule has 0 fully saturated rings. The lowest BCUT2D eigenvalue weighted by Crippen LogP contribution is -2.16. The second kappa shape index (κ2) is 4.27. The molecule has 0 bridgehead atoms. The molecule has 104 valence electrons. The predicted octanol–water partition coefficient (Wildman–Crippen LogP) is 1.89. The van der Waals surface area contributed by atoms with Crippen molar-refractivity contribution in [3.05, 3.63) is 33.2 Å². The minimum Gasteiger partial charge on any atom is -0.340 e. The van der Waals surface area contributed by atoms with Gasteiger partial charge >= 0.3 is 0 Å². The van der Waals surface area contributed by atoms with Crippen molar-refractivity contribution in [1.82, 2.24) is 29.7 Å². The summed E-state index contributed by atoms with van der Waals surface area (Å²) in [5.74, 6) is 0.453. The molecule has 3 rings (SSSR count). The molecule has 0 aliphatic carbocycles. The van der Waals surface area contributed by atoms with Crippen LogP contribution in [0.3, 0.4) is 0 Å². The smallest absolute Gasteiger partial charge is 0.287 e. The summed E-state index contributed by atoms with van der Waals surface area (Å²) >= 11 is 3.36. The summed E-state index contributed by atoms with van der Waals surface area (Å²) in [7, 11) is 0. The highest BCUT2D eigenvalue weighted by atomic mass is 79.9. The SMILES string of the molecule is CC(C)(C)c1[nH]n(-c2ncnc3nc[nH]c23)c(=O)c1Br. The van der Waals surface area contributed by atoms with E-state index in [2.05, 4.69) is 41.0 Å². The van der Waals surface area contributed by atoms with Gasteiger partial charge in [-0.15, -0.1) is 0 Å². The largest absolute Gasteiger partial charge is 0.340 e. The Morgan fingerprint density at radius 2 is 2.00 bits per heavy atom. The second-order valence-corrected chi connectivity index (χ2v) is 6.28. The lowest BCUT2D eigenvalue weighted by molar-refractivity contribution is 0.557. The first-order valence-corrected chi connectivity index (χ1v) is 6.84. The van der Waals surface area contributed by atoms with Gasteiger partial charge in [-0.05, 0) is 15.9 Å². The number of hydrogen-bond acceptors (Lipinski definition) is 4. The number of nitrogens with one attached hydrogen (secondary N) is 2. The second-order valence-electron chi connectivity index (χ2n) is 5.49. The van der Waals surface area contributed by atoms with Crippen LogP contribution in [0.15, 0.2) is 21.9 Å². The summed E-state index contributed by atoms with van der Waals surface area (Å²) in [6.07, 6.45) is 2.91. The van der Waals surface area contributed by atoms with Crippen molar-refractivity contribution in [2.45, 2.75) is 26.2 Å². The zero-order valence-corrected chi connectivity index (χ0v) is 12.8. The van der Waals surface area contributed by atoms with E-state index in [1.165, 1.54) is 17.3 Å². The lowest BCUT2D eigenvalue weighted by atomic mass is 9.93. The molecule has 0 atom stereocenters. The molecule has 8 heteroatoms. The molecule has 0 saturated carbocycles. The normalized spacial score (nSPS) is 12.2. The van der Waals surface area contributed by atoms with Crippen molar-refractivity contribution >= 4 is 27.1 Å². The number of fused-ring (bicyclic) bond motifs is 1. The van der Waals surface area contributed by atoms with E-state index in [4.69, 9.17) is 0 Å². The summed E-state index contributed by atoms with van der Waals surface area (Å²) < 4.78 is 1.91. The van der Waals surface area contributed by atoms with Crippen LogP contribution in [0.2, 0.25) is 0 Å². The van der Waals surface area contributed by atoms with Crippen LogP contribution in [0, 0.1) is 0 Å². The molecule has 0 radical (unpaired) electrons. The van der Waals surface area contributed by atoms with Gasteiger partial charge in [0.1, 0.15) is 16.3 Å². The fraction of sp³-hybridized carbons (Fsp3) is 0.333. The molecule has 0 aliphatic heterocycles. The van der Waals surface area contributed by atoms with Crippen LogP contribution in [0.25, 0.3) is 17.0 Å². The van der Waals surface area contributed by atoms with Crippen LogP contribution in [-0.4, -0.2) is 29.7 Å². The van der Waals surface area contributed by atoms with Crippen LogP contribution in [0.4, 0.5) is 0 Å². The van der Waals surface area contributed by atoms with Crippen molar-refractivity contribution in [2.24, 2.45) is 0 Å². The average molecular weight is 337 g/mol. The lowest BCUT2D eigenvalue weighted by Gasteiger charge is -2.16. The van der Waals surface area contributed by atoms with Gasteiger partial charge in [0.05, 0.1) is 12.0 Å². The number of halogens is 1. The first-order chi connectivity index (χ1) is 9.39. The van der Waals surface area contributed by atoms with Gasteiger partial charge in [-0.3, -0.25) is 9.89 Å². The summed E-state index contributed by atoms with van der Waals surface area (Å²) in [6, 6.07) is 0. The van der Waals surface area contributed by atoms with Gasteiger partial charge in [0.25, 0.3) is 5.56 Å². The summed E-state index contributed by atoms with van der Waals surface area (Å²) in [5.41, 5.74) is 1.57. The number of rotatable bonds is 1. The van der Waals surface area contributed by atoms with Gasteiger partial charge in [-0.2, -0.15) is 4.68 Å². The van der Waals surface area contributed by atoms with E-state index in [9.17, 15) is 4.79 Å². The van der Waals surface area contributed by atoms with Gasteiger partial charge in [0, 0.05) is 5.41 Å². The molecule has 0 unspecified atom stereocenters. The number of aromatic amines is 2. The monoisotopic (exact) mass is 336 g/mol. The third-order valence-corrected chi connectivity index (χ3v) is 3.73. The van der Waals surface area contributed by atoms with E-state index >= 15 is 0 Å². The molecule has 0 aliphatic rings. The first kappa shape index (κ1) is 13.0. The molecular weight excluding hydrogens is 324 g/mol. The Labute approximate surface area is 122 Å². The standard InChI is InChI=1S/C12H13BrN6O/c1-12(2,3)8-6(13)11(20)19(18-8)10-7-9(15-4-14-7)16-5-17-10/h4-5,18H,1-3H3,(H,14,15,16,17). The van der Waals surface area contributed by atoms with E-state index < -0.39 is 0 Å². The Bertz CT molecular complexity index is 838. The highest BCUT2D eigenvalue weighted by molar-refractivity contribution is 9.10. The van der Waals surface area contributed by atoms with Crippen LogP contribution in [-0.2, 0) is 5.41 Å². The maximum atomic E-state index is 12.4. The molecule has 0 saturated heterocycles. The Balaban J connectivity index is 2.31. The Hall–Kier alpha value is -1.96. The molecule has 3 heterocycles. The molecule has 2 N–H and O–H groups in total. The van der Waals surface area contributed by atoms with Gasteiger partial charge in [0.2, 0.25) is 0 Å². The number of aromatic nitrogens is 6. The van der Waals surface area contributed by atoms with Gasteiger partial charge in [-0.1, -0.05) is 20.8 Å². The van der Waals surface area contributed by atoms with E-state index in [1.54, 1.807) is 0 Å². The molecule has 3 aromatic heterocycles. The van der Waals surface area contributed by atoms with Gasteiger partial charge < -0.3 is 4.98 Å². The van der Waals surface area contributed by atoms with E-state index in [-0.39, 0.29) is 11.0 Å². The van der Waals surface area contributed by atoms with Crippen molar-refractivity contribution in [3.8, 4) is 5.82 Å². The van der Waals surface area contributed by atoms with Crippen molar-refractivity contribution in [1.29, 1.82) is 0 Å². The van der Waals surface area contributed by atoms with Crippen LogP contribution in [0.5, 0.6) is 0 Å². The molecule has 7 nitrogen and oxygen atoms in total. The predicted molar refractivity (Wildman–Crippen MR) is 78.0 cm³/mol. The van der Waals surface area contributed by atoms with Crippen molar-refractivity contribution in [3.63, 3.8) is 0 Å². The third kappa shape index (κ3) is 1.87. The summed E-state index contributed by atoms with van der Waals surface area (Å²) in [5, 5.41) is 3.11. The zero-order valence-electron chi connectivity index (χ0n) is 11.2. The van der Waals surface area contributed by atoms with Crippen LogP contribution >= 0.6 is 15.9 Å². The topological polar surface area (TPSA) is 92.2 Å².